The van der Waals surface area contributed by atoms with Crippen LogP contribution in [0.5, 0.6) is 0 Å². The molecule has 86 valence electrons. The van der Waals surface area contributed by atoms with Gasteiger partial charge in [0.15, 0.2) is 0 Å². The molecule has 0 spiro atoms. The average Bonchev–Trinajstić information content (AvgIpc) is 2.63. The largest absolute Gasteiger partial charge is 0.135 e. The third kappa shape index (κ3) is 1.70. The van der Waals surface area contributed by atoms with Gasteiger partial charge in [0.2, 0.25) is 0 Å². The van der Waals surface area contributed by atoms with E-state index in [1.54, 1.807) is 0 Å². The molecular formula is C14H10BrClS. The molecule has 0 fully saturated rings. The minimum atomic E-state index is 0.848. The molecule has 3 aromatic rings. The Balaban J connectivity index is 2.54. The second kappa shape index (κ2) is 3.98. The van der Waals surface area contributed by atoms with E-state index in [-0.39, 0.29) is 0 Å². The van der Waals surface area contributed by atoms with E-state index in [9.17, 15) is 0 Å². The molecule has 0 N–H and O–H groups in total. The van der Waals surface area contributed by atoms with E-state index in [4.69, 9.17) is 11.6 Å². The van der Waals surface area contributed by atoms with Crippen molar-refractivity contribution >= 4 is 59.0 Å². The lowest BCUT2D eigenvalue weighted by Crippen LogP contribution is -1.76. The van der Waals surface area contributed by atoms with E-state index in [0.717, 1.165) is 10.6 Å². The van der Waals surface area contributed by atoms with Crippen molar-refractivity contribution in [3.63, 3.8) is 0 Å². The summed E-state index contributed by atoms with van der Waals surface area (Å²) in [5, 5.41) is 3.48. The second-order valence-electron chi connectivity index (χ2n) is 4.25. The first-order valence-corrected chi connectivity index (χ1v) is 7.34. The predicted octanol–water partition coefficient (Wildman–Crippen LogP) is 6.09. The molecule has 0 radical (unpaired) electrons. The van der Waals surface area contributed by atoms with Crippen LogP contribution in [0.1, 0.15) is 11.1 Å². The minimum absolute atomic E-state index is 0.848. The van der Waals surface area contributed by atoms with Gasteiger partial charge >= 0.3 is 0 Å². The normalized spacial score (nSPS) is 11.5. The molecule has 2 aromatic carbocycles. The highest BCUT2D eigenvalue weighted by atomic mass is 79.9. The van der Waals surface area contributed by atoms with Crippen LogP contribution < -0.4 is 0 Å². The highest BCUT2D eigenvalue weighted by molar-refractivity contribution is 9.10. The van der Waals surface area contributed by atoms with Crippen LogP contribution in [0.25, 0.3) is 20.2 Å². The van der Waals surface area contributed by atoms with Gasteiger partial charge in [-0.25, -0.2) is 0 Å². The highest BCUT2D eigenvalue weighted by Gasteiger charge is 2.10. The van der Waals surface area contributed by atoms with Gasteiger partial charge < -0.3 is 0 Å². The Labute approximate surface area is 117 Å². The van der Waals surface area contributed by atoms with Crippen molar-refractivity contribution in [1.29, 1.82) is 0 Å². The van der Waals surface area contributed by atoms with E-state index in [1.165, 1.54) is 30.2 Å². The van der Waals surface area contributed by atoms with E-state index < -0.39 is 0 Å². The number of fused-ring (bicyclic) bond motifs is 3. The summed E-state index contributed by atoms with van der Waals surface area (Å²) < 4.78 is 3.77. The number of benzene rings is 2. The zero-order valence-corrected chi connectivity index (χ0v) is 12.6. The van der Waals surface area contributed by atoms with Crippen LogP contribution in [0.15, 0.2) is 28.7 Å². The van der Waals surface area contributed by atoms with Crippen molar-refractivity contribution in [2.45, 2.75) is 13.8 Å². The molecule has 17 heavy (non-hydrogen) atoms. The van der Waals surface area contributed by atoms with Crippen molar-refractivity contribution in [3.05, 3.63) is 44.9 Å². The molecule has 0 amide bonds. The molecule has 0 bridgehead atoms. The Morgan fingerprint density at radius 3 is 2.65 bits per heavy atom. The molecular weight excluding hydrogens is 316 g/mol. The number of halogens is 2. The van der Waals surface area contributed by atoms with E-state index >= 15 is 0 Å². The van der Waals surface area contributed by atoms with Gasteiger partial charge in [-0.3, -0.25) is 0 Å². The molecule has 1 aromatic heterocycles. The summed E-state index contributed by atoms with van der Waals surface area (Å²) in [6.07, 6.45) is 0. The third-order valence-electron chi connectivity index (χ3n) is 3.10. The van der Waals surface area contributed by atoms with Crippen molar-refractivity contribution in [2.75, 3.05) is 0 Å². The van der Waals surface area contributed by atoms with E-state index in [2.05, 4.69) is 54.0 Å². The van der Waals surface area contributed by atoms with Gasteiger partial charge in [-0.2, -0.15) is 0 Å². The number of hydrogen-bond acceptors (Lipinski definition) is 1. The minimum Gasteiger partial charge on any atom is -0.135 e. The van der Waals surface area contributed by atoms with Gasteiger partial charge in [0.25, 0.3) is 0 Å². The lowest BCUT2D eigenvalue weighted by Gasteiger charge is -1.99. The Bertz CT molecular complexity index is 743. The predicted molar refractivity (Wildman–Crippen MR) is 81.5 cm³/mol. The van der Waals surface area contributed by atoms with Crippen LogP contribution in [0.4, 0.5) is 0 Å². The summed E-state index contributed by atoms with van der Waals surface area (Å²) in [6.45, 7) is 4.20. The average molecular weight is 326 g/mol. The van der Waals surface area contributed by atoms with Crippen LogP contribution in [0, 0.1) is 13.8 Å². The van der Waals surface area contributed by atoms with Gasteiger partial charge in [-0.1, -0.05) is 33.6 Å². The fourth-order valence-corrected chi connectivity index (χ4v) is 4.00. The molecule has 3 heteroatoms. The van der Waals surface area contributed by atoms with Crippen molar-refractivity contribution < 1.29 is 0 Å². The van der Waals surface area contributed by atoms with Gasteiger partial charge in [-0.15, -0.1) is 11.3 Å². The Morgan fingerprint density at radius 2 is 1.88 bits per heavy atom. The summed E-state index contributed by atoms with van der Waals surface area (Å²) in [6, 6.07) is 8.56. The fourth-order valence-electron chi connectivity index (χ4n) is 2.08. The van der Waals surface area contributed by atoms with Crippen LogP contribution in [-0.4, -0.2) is 0 Å². The maximum Gasteiger partial charge on any atom is 0.0449 e. The SMILES string of the molecule is Cc1cc2c(cc1Cl)sc1c(C)c(Br)ccc12. The quantitative estimate of drug-likeness (QED) is 0.469. The molecule has 0 atom stereocenters. The smallest absolute Gasteiger partial charge is 0.0449 e. The summed E-state index contributed by atoms with van der Waals surface area (Å²) in [5.74, 6) is 0. The summed E-state index contributed by atoms with van der Waals surface area (Å²) in [5.41, 5.74) is 2.44. The summed E-state index contributed by atoms with van der Waals surface area (Å²) in [4.78, 5) is 0. The van der Waals surface area contributed by atoms with Crippen molar-refractivity contribution in [2.24, 2.45) is 0 Å². The monoisotopic (exact) mass is 324 g/mol. The maximum atomic E-state index is 6.18. The van der Waals surface area contributed by atoms with Gasteiger partial charge in [-0.05, 0) is 43.2 Å². The zero-order valence-electron chi connectivity index (χ0n) is 9.47. The molecule has 0 saturated carbocycles. The molecule has 0 unspecified atom stereocenters. The number of aryl methyl sites for hydroxylation is 2. The molecule has 3 rings (SSSR count). The first-order chi connectivity index (χ1) is 8.08. The first kappa shape index (κ1) is 11.5. The molecule has 0 nitrogen and oxygen atoms in total. The number of hydrogen-bond donors (Lipinski definition) is 0. The highest BCUT2D eigenvalue weighted by Crippen LogP contribution is 2.39. The van der Waals surface area contributed by atoms with E-state index in [0.29, 0.717) is 0 Å². The summed E-state index contributed by atoms with van der Waals surface area (Å²) in [7, 11) is 0. The van der Waals surface area contributed by atoms with Crippen LogP contribution in [0.2, 0.25) is 5.02 Å². The standard InChI is InChI=1S/C14H10BrClS/c1-7-5-10-9-3-4-11(15)8(2)14(9)17-13(10)6-12(7)16/h3-6H,1-2H3. The Morgan fingerprint density at radius 1 is 1.12 bits per heavy atom. The summed E-state index contributed by atoms with van der Waals surface area (Å²) >= 11 is 11.6. The zero-order chi connectivity index (χ0) is 12.2. The number of thiophene rings is 1. The third-order valence-corrected chi connectivity index (χ3v) is 5.66. The van der Waals surface area contributed by atoms with Crippen molar-refractivity contribution in [3.8, 4) is 0 Å². The van der Waals surface area contributed by atoms with E-state index in [1.807, 2.05) is 11.3 Å². The topological polar surface area (TPSA) is 0 Å². The van der Waals surface area contributed by atoms with Gasteiger partial charge in [0, 0.05) is 29.7 Å². The van der Waals surface area contributed by atoms with Crippen LogP contribution in [-0.2, 0) is 0 Å². The maximum absolute atomic E-state index is 6.18. The molecule has 1 heterocycles. The number of rotatable bonds is 0. The molecule has 0 saturated heterocycles. The second-order valence-corrected chi connectivity index (χ2v) is 6.56. The van der Waals surface area contributed by atoms with Crippen molar-refractivity contribution in [1.82, 2.24) is 0 Å². The first-order valence-electron chi connectivity index (χ1n) is 5.35. The Kier molecular flexibility index (Phi) is 2.69. The van der Waals surface area contributed by atoms with Gasteiger partial charge in [0.1, 0.15) is 0 Å². The van der Waals surface area contributed by atoms with Crippen LogP contribution in [0.3, 0.4) is 0 Å². The molecule has 0 aliphatic heterocycles. The molecule has 0 aliphatic carbocycles. The molecule has 0 aliphatic rings. The lowest BCUT2D eigenvalue weighted by molar-refractivity contribution is 1.50. The fraction of sp³-hybridized carbons (Fsp3) is 0.143. The lowest BCUT2D eigenvalue weighted by atomic mass is 10.1. The Hall–Kier alpha value is -0.570. The van der Waals surface area contributed by atoms with Gasteiger partial charge in [0.05, 0.1) is 0 Å². The van der Waals surface area contributed by atoms with Crippen LogP contribution >= 0.6 is 38.9 Å².